The highest BCUT2D eigenvalue weighted by molar-refractivity contribution is 5.77. The number of ether oxygens (including phenoxy) is 1. The fourth-order valence-corrected chi connectivity index (χ4v) is 4.65. The summed E-state index contributed by atoms with van der Waals surface area (Å²) in [6.45, 7) is 7.83. The molecular weight excluding hydrogens is 316 g/mol. The standard InChI is InChI=1S/C19H30N4O2/c1-15-17(21-14-20-15)12-22-8-6-19(7-9-22)5-4-18(24)23(13-19)11-16-3-2-10-25-16/h14,16H,2-13H2,1H3,(H,20,21)/t16-/m1/s1. The van der Waals surface area contributed by atoms with E-state index >= 15 is 0 Å². The molecule has 1 aromatic heterocycles. The Hall–Kier alpha value is -1.40. The number of imidazole rings is 1. The Balaban J connectivity index is 1.33. The predicted molar refractivity (Wildman–Crippen MR) is 95.1 cm³/mol. The van der Waals surface area contributed by atoms with Crippen molar-refractivity contribution in [2.24, 2.45) is 5.41 Å². The second-order valence-electron chi connectivity index (χ2n) is 8.16. The lowest BCUT2D eigenvalue weighted by molar-refractivity contribution is -0.141. The molecule has 0 aromatic carbocycles. The van der Waals surface area contributed by atoms with Gasteiger partial charge in [0.15, 0.2) is 0 Å². The zero-order valence-corrected chi connectivity index (χ0v) is 15.3. The SMILES string of the molecule is Cc1[nH]cnc1CN1CCC2(CCC(=O)N(C[C@H]3CCCO3)C2)CC1. The summed E-state index contributed by atoms with van der Waals surface area (Å²) in [6.07, 6.45) is 8.44. The van der Waals surface area contributed by atoms with E-state index in [0.29, 0.717) is 17.7 Å². The van der Waals surface area contributed by atoms with E-state index in [1.807, 2.05) is 0 Å². The molecule has 3 saturated heterocycles. The van der Waals surface area contributed by atoms with E-state index in [1.54, 1.807) is 6.33 Å². The van der Waals surface area contributed by atoms with E-state index in [4.69, 9.17) is 4.74 Å². The summed E-state index contributed by atoms with van der Waals surface area (Å²) >= 11 is 0. The smallest absolute Gasteiger partial charge is 0.222 e. The molecule has 1 spiro atoms. The van der Waals surface area contributed by atoms with Gasteiger partial charge in [-0.3, -0.25) is 9.69 Å². The number of aromatic nitrogens is 2. The molecule has 3 aliphatic rings. The third kappa shape index (κ3) is 3.75. The van der Waals surface area contributed by atoms with Crippen LogP contribution in [0.1, 0.15) is 49.9 Å². The predicted octanol–water partition coefficient (Wildman–Crippen LogP) is 2.10. The van der Waals surface area contributed by atoms with Crippen LogP contribution < -0.4 is 0 Å². The van der Waals surface area contributed by atoms with Gasteiger partial charge in [-0.25, -0.2) is 4.98 Å². The number of H-pyrrole nitrogens is 1. The van der Waals surface area contributed by atoms with Crippen molar-refractivity contribution in [1.29, 1.82) is 0 Å². The molecule has 3 aliphatic heterocycles. The lowest BCUT2D eigenvalue weighted by Crippen LogP contribution is -2.52. The van der Waals surface area contributed by atoms with Crippen LogP contribution in [0.3, 0.4) is 0 Å². The second kappa shape index (κ2) is 7.08. The first-order valence-electron chi connectivity index (χ1n) is 9.74. The summed E-state index contributed by atoms with van der Waals surface area (Å²) in [4.78, 5) is 24.6. The minimum Gasteiger partial charge on any atom is -0.376 e. The van der Waals surface area contributed by atoms with E-state index in [-0.39, 0.29) is 6.10 Å². The summed E-state index contributed by atoms with van der Waals surface area (Å²) in [6, 6.07) is 0. The normalized spacial score (nSPS) is 27.3. The molecule has 4 heterocycles. The number of hydrogen-bond donors (Lipinski definition) is 1. The Morgan fingerprint density at radius 2 is 2.20 bits per heavy atom. The molecule has 1 atom stereocenters. The van der Waals surface area contributed by atoms with E-state index in [9.17, 15) is 4.79 Å². The second-order valence-corrected chi connectivity index (χ2v) is 8.16. The average molecular weight is 346 g/mol. The first-order valence-corrected chi connectivity index (χ1v) is 9.74. The maximum atomic E-state index is 12.4. The lowest BCUT2D eigenvalue weighted by Gasteiger charge is -2.47. The third-order valence-electron chi connectivity index (χ3n) is 6.42. The highest BCUT2D eigenvalue weighted by Gasteiger charge is 2.41. The largest absolute Gasteiger partial charge is 0.376 e. The quantitative estimate of drug-likeness (QED) is 0.907. The molecule has 0 unspecified atom stereocenters. The number of carbonyl (C=O) groups excluding carboxylic acids is 1. The summed E-state index contributed by atoms with van der Waals surface area (Å²) in [5.74, 6) is 0.329. The third-order valence-corrected chi connectivity index (χ3v) is 6.42. The molecule has 1 amide bonds. The van der Waals surface area contributed by atoms with Gasteiger partial charge in [0.05, 0.1) is 18.1 Å². The molecule has 6 heteroatoms. The van der Waals surface area contributed by atoms with E-state index < -0.39 is 0 Å². The Morgan fingerprint density at radius 3 is 2.88 bits per heavy atom. The van der Waals surface area contributed by atoms with Crippen LogP contribution in [-0.2, 0) is 16.1 Å². The van der Waals surface area contributed by atoms with Gasteiger partial charge in [-0.15, -0.1) is 0 Å². The molecule has 6 nitrogen and oxygen atoms in total. The molecule has 1 aromatic rings. The zero-order chi connectivity index (χ0) is 17.3. The summed E-state index contributed by atoms with van der Waals surface area (Å²) < 4.78 is 5.75. The Morgan fingerprint density at radius 1 is 1.36 bits per heavy atom. The first kappa shape index (κ1) is 17.0. The number of piperidine rings is 2. The number of aromatic amines is 1. The number of amides is 1. The van der Waals surface area contributed by atoms with Gasteiger partial charge in [-0.1, -0.05) is 0 Å². The highest BCUT2D eigenvalue weighted by Crippen LogP contribution is 2.40. The minimum absolute atomic E-state index is 0.266. The van der Waals surface area contributed by atoms with Gasteiger partial charge < -0.3 is 14.6 Å². The number of hydrogen-bond acceptors (Lipinski definition) is 4. The Kier molecular flexibility index (Phi) is 4.82. The maximum absolute atomic E-state index is 12.4. The Bertz CT molecular complexity index is 600. The molecule has 0 aliphatic carbocycles. The van der Waals surface area contributed by atoms with Crippen molar-refractivity contribution in [2.75, 3.05) is 32.8 Å². The number of nitrogens with one attached hydrogen (secondary N) is 1. The van der Waals surface area contributed by atoms with Crippen molar-refractivity contribution >= 4 is 5.91 Å². The van der Waals surface area contributed by atoms with Crippen molar-refractivity contribution in [1.82, 2.24) is 19.8 Å². The van der Waals surface area contributed by atoms with Gasteiger partial charge in [-0.2, -0.15) is 0 Å². The molecule has 138 valence electrons. The van der Waals surface area contributed by atoms with Crippen molar-refractivity contribution in [2.45, 2.75) is 58.1 Å². The topological polar surface area (TPSA) is 61.5 Å². The van der Waals surface area contributed by atoms with Gasteiger partial charge in [0.1, 0.15) is 0 Å². The van der Waals surface area contributed by atoms with Crippen molar-refractivity contribution in [3.63, 3.8) is 0 Å². The van der Waals surface area contributed by atoms with Crippen LogP contribution in [-0.4, -0.2) is 64.6 Å². The molecule has 25 heavy (non-hydrogen) atoms. The van der Waals surface area contributed by atoms with Crippen molar-refractivity contribution in [3.8, 4) is 0 Å². The number of aryl methyl sites for hydroxylation is 1. The van der Waals surface area contributed by atoms with Crippen molar-refractivity contribution < 1.29 is 9.53 Å². The maximum Gasteiger partial charge on any atom is 0.222 e. The summed E-state index contributed by atoms with van der Waals surface area (Å²) in [7, 11) is 0. The van der Waals surface area contributed by atoms with E-state index in [2.05, 4.69) is 26.7 Å². The van der Waals surface area contributed by atoms with Crippen LogP contribution in [0.4, 0.5) is 0 Å². The van der Waals surface area contributed by atoms with Crippen LogP contribution in [0.25, 0.3) is 0 Å². The summed E-state index contributed by atoms with van der Waals surface area (Å²) in [5.41, 5.74) is 2.66. The number of carbonyl (C=O) groups is 1. The van der Waals surface area contributed by atoms with Crippen LogP contribution >= 0.6 is 0 Å². The lowest BCUT2D eigenvalue weighted by atomic mass is 9.72. The number of likely N-dealkylation sites (tertiary alicyclic amines) is 2. The highest BCUT2D eigenvalue weighted by atomic mass is 16.5. The van der Waals surface area contributed by atoms with Gasteiger partial charge in [0.2, 0.25) is 5.91 Å². The average Bonchev–Trinajstić information content (AvgIpc) is 3.26. The van der Waals surface area contributed by atoms with E-state index in [0.717, 1.165) is 64.3 Å². The molecular formula is C19H30N4O2. The van der Waals surface area contributed by atoms with Crippen LogP contribution in [0, 0.1) is 12.3 Å². The van der Waals surface area contributed by atoms with Crippen molar-refractivity contribution in [3.05, 3.63) is 17.7 Å². The fraction of sp³-hybridized carbons (Fsp3) is 0.789. The minimum atomic E-state index is 0.266. The molecule has 0 bridgehead atoms. The molecule has 4 rings (SSSR count). The number of rotatable bonds is 4. The van der Waals surface area contributed by atoms with Gasteiger partial charge in [-0.05, 0) is 57.5 Å². The summed E-state index contributed by atoms with van der Waals surface area (Å²) in [5, 5.41) is 0. The Labute approximate surface area is 149 Å². The van der Waals surface area contributed by atoms with Gasteiger partial charge in [0.25, 0.3) is 0 Å². The zero-order valence-electron chi connectivity index (χ0n) is 15.3. The van der Waals surface area contributed by atoms with Crippen LogP contribution in [0.2, 0.25) is 0 Å². The van der Waals surface area contributed by atoms with E-state index in [1.165, 1.54) is 18.5 Å². The van der Waals surface area contributed by atoms with Crippen LogP contribution in [0.15, 0.2) is 6.33 Å². The molecule has 3 fully saturated rings. The first-order chi connectivity index (χ1) is 12.1. The van der Waals surface area contributed by atoms with Crippen LogP contribution in [0.5, 0.6) is 0 Å². The number of nitrogens with zero attached hydrogens (tertiary/aromatic N) is 3. The molecule has 0 saturated carbocycles. The fourth-order valence-electron chi connectivity index (χ4n) is 4.65. The molecule has 0 radical (unpaired) electrons. The monoisotopic (exact) mass is 346 g/mol. The van der Waals surface area contributed by atoms with Gasteiger partial charge in [0, 0.05) is 38.4 Å². The van der Waals surface area contributed by atoms with Gasteiger partial charge >= 0.3 is 0 Å². The molecule has 1 N–H and O–H groups in total.